The first-order valence-electron chi connectivity index (χ1n) is 7.84. The molecule has 1 aliphatic carbocycles. The van der Waals surface area contributed by atoms with E-state index in [-0.39, 0.29) is 22.9 Å². The van der Waals surface area contributed by atoms with Gasteiger partial charge in [-0.3, -0.25) is 10.1 Å². The molecule has 0 spiro atoms. The monoisotopic (exact) mass is 324 g/mol. The van der Waals surface area contributed by atoms with E-state index >= 15 is 0 Å². The molecule has 1 saturated heterocycles. The fourth-order valence-electron chi connectivity index (χ4n) is 3.58. The molecule has 3 rings (SSSR count). The number of thioether (sulfide) groups is 1. The number of amides is 1. The van der Waals surface area contributed by atoms with Crippen LogP contribution < -0.4 is 5.32 Å². The lowest BCUT2D eigenvalue weighted by atomic mass is 10.1. The first-order chi connectivity index (χ1) is 10.2. The Labute approximate surface area is 135 Å². The van der Waals surface area contributed by atoms with Gasteiger partial charge in [0, 0.05) is 16.2 Å². The van der Waals surface area contributed by atoms with Gasteiger partial charge >= 0.3 is 0 Å². The van der Waals surface area contributed by atoms with Crippen LogP contribution in [0.25, 0.3) is 0 Å². The zero-order valence-electron chi connectivity index (χ0n) is 12.8. The predicted molar refractivity (Wildman–Crippen MR) is 90.7 cm³/mol. The molecule has 5 heteroatoms. The Morgan fingerprint density at radius 2 is 2.24 bits per heavy atom. The van der Waals surface area contributed by atoms with Crippen LogP contribution in [-0.4, -0.2) is 34.4 Å². The molecule has 0 aromatic carbocycles. The van der Waals surface area contributed by atoms with Crippen LogP contribution >= 0.6 is 23.1 Å². The van der Waals surface area contributed by atoms with E-state index in [2.05, 4.69) is 40.9 Å². The quantitative estimate of drug-likeness (QED) is 0.897. The maximum Gasteiger partial charge on any atom is 0.241 e. The highest BCUT2D eigenvalue weighted by atomic mass is 32.2. The Bertz CT molecular complexity index is 482. The maximum absolute atomic E-state index is 12.7. The van der Waals surface area contributed by atoms with Gasteiger partial charge in [-0.1, -0.05) is 25.8 Å². The van der Waals surface area contributed by atoms with Gasteiger partial charge < -0.3 is 4.90 Å². The molecule has 1 saturated carbocycles. The topological polar surface area (TPSA) is 32.3 Å². The minimum Gasteiger partial charge on any atom is -0.319 e. The van der Waals surface area contributed by atoms with Crippen molar-refractivity contribution in [2.45, 2.75) is 56.0 Å². The van der Waals surface area contributed by atoms with E-state index < -0.39 is 0 Å². The molecule has 2 aliphatic rings. The first kappa shape index (κ1) is 15.4. The highest BCUT2D eigenvalue weighted by Crippen LogP contribution is 2.43. The third kappa shape index (κ3) is 2.88. The molecule has 1 aliphatic heterocycles. The van der Waals surface area contributed by atoms with E-state index in [0.717, 1.165) is 13.0 Å². The number of rotatable bonds is 5. The van der Waals surface area contributed by atoms with Crippen molar-refractivity contribution in [2.24, 2.45) is 0 Å². The standard InChI is InChI=1S/C16H24N2OS2/c1-3-12-15(19)18(11-16(20-2)8-4-5-9-16)14(17-12)13-7-6-10-21-13/h6-7,10,12,14,17H,3-5,8-9,11H2,1-2H3. The molecule has 1 aromatic heterocycles. The Hall–Kier alpha value is -0.520. The second-order valence-corrected chi connectivity index (χ2v) is 8.36. The summed E-state index contributed by atoms with van der Waals surface area (Å²) in [6.45, 7) is 2.98. The summed E-state index contributed by atoms with van der Waals surface area (Å²) in [5, 5.41) is 5.63. The number of carbonyl (C=O) groups is 1. The molecular weight excluding hydrogens is 300 g/mol. The predicted octanol–water partition coefficient (Wildman–Crippen LogP) is 3.63. The van der Waals surface area contributed by atoms with Crippen molar-refractivity contribution >= 4 is 29.0 Å². The third-order valence-electron chi connectivity index (χ3n) is 4.88. The molecule has 1 amide bonds. The van der Waals surface area contributed by atoms with Crippen LogP contribution in [0.4, 0.5) is 0 Å². The number of nitrogens with zero attached hydrogens (tertiary/aromatic N) is 1. The Balaban J connectivity index is 1.84. The van der Waals surface area contributed by atoms with Crippen molar-refractivity contribution < 1.29 is 4.79 Å². The fraction of sp³-hybridized carbons (Fsp3) is 0.688. The normalized spacial score (nSPS) is 28.5. The Morgan fingerprint density at radius 1 is 1.48 bits per heavy atom. The van der Waals surface area contributed by atoms with Gasteiger partial charge in [-0.25, -0.2) is 0 Å². The number of hydrogen-bond donors (Lipinski definition) is 1. The van der Waals surface area contributed by atoms with E-state index in [4.69, 9.17) is 0 Å². The smallest absolute Gasteiger partial charge is 0.241 e. The molecule has 21 heavy (non-hydrogen) atoms. The molecule has 0 radical (unpaired) electrons. The van der Waals surface area contributed by atoms with Gasteiger partial charge in [0.1, 0.15) is 6.17 Å². The molecule has 1 aromatic rings. The summed E-state index contributed by atoms with van der Waals surface area (Å²) in [6.07, 6.45) is 8.24. The highest BCUT2D eigenvalue weighted by molar-refractivity contribution is 8.00. The van der Waals surface area contributed by atoms with Crippen molar-refractivity contribution in [1.29, 1.82) is 0 Å². The molecular formula is C16H24N2OS2. The lowest BCUT2D eigenvalue weighted by Crippen LogP contribution is -2.42. The lowest BCUT2D eigenvalue weighted by Gasteiger charge is -2.34. The van der Waals surface area contributed by atoms with Gasteiger partial charge in [0.25, 0.3) is 0 Å². The Kier molecular flexibility index (Phi) is 4.62. The average molecular weight is 325 g/mol. The van der Waals surface area contributed by atoms with Gasteiger partial charge in [-0.05, 0) is 37.0 Å². The molecule has 1 N–H and O–H groups in total. The van der Waals surface area contributed by atoms with Crippen LogP contribution in [0.1, 0.15) is 50.1 Å². The van der Waals surface area contributed by atoms with Crippen molar-refractivity contribution in [2.75, 3.05) is 12.8 Å². The zero-order chi connectivity index (χ0) is 14.9. The largest absolute Gasteiger partial charge is 0.319 e. The van der Waals surface area contributed by atoms with E-state index in [9.17, 15) is 4.79 Å². The van der Waals surface area contributed by atoms with Crippen LogP contribution in [-0.2, 0) is 4.79 Å². The van der Waals surface area contributed by atoms with Crippen LogP contribution in [0.15, 0.2) is 17.5 Å². The van der Waals surface area contributed by atoms with Crippen LogP contribution in [0.2, 0.25) is 0 Å². The minimum absolute atomic E-state index is 0.0163. The summed E-state index contributed by atoms with van der Waals surface area (Å²) in [5.74, 6) is 0.288. The number of carbonyl (C=O) groups excluding carboxylic acids is 1. The number of hydrogen-bond acceptors (Lipinski definition) is 4. The lowest BCUT2D eigenvalue weighted by molar-refractivity contribution is -0.130. The molecule has 2 atom stereocenters. The third-order valence-corrected chi connectivity index (χ3v) is 7.21. The van der Waals surface area contributed by atoms with Crippen molar-refractivity contribution in [3.63, 3.8) is 0 Å². The second kappa shape index (κ2) is 6.31. The maximum atomic E-state index is 12.7. The van der Waals surface area contributed by atoms with Crippen molar-refractivity contribution in [3.05, 3.63) is 22.4 Å². The van der Waals surface area contributed by atoms with E-state index in [1.807, 2.05) is 11.8 Å². The van der Waals surface area contributed by atoms with Gasteiger partial charge in [-0.2, -0.15) is 11.8 Å². The molecule has 0 bridgehead atoms. The van der Waals surface area contributed by atoms with E-state index in [1.165, 1.54) is 30.6 Å². The number of nitrogens with one attached hydrogen (secondary N) is 1. The average Bonchev–Trinajstić information content (AvgIpc) is 3.22. The molecule has 2 unspecified atom stereocenters. The molecule has 3 nitrogen and oxygen atoms in total. The summed E-state index contributed by atoms with van der Waals surface area (Å²) >= 11 is 3.70. The molecule has 2 fully saturated rings. The van der Waals surface area contributed by atoms with Crippen molar-refractivity contribution in [1.82, 2.24) is 10.2 Å². The van der Waals surface area contributed by atoms with Crippen molar-refractivity contribution in [3.8, 4) is 0 Å². The van der Waals surface area contributed by atoms with E-state index in [0.29, 0.717) is 0 Å². The van der Waals surface area contributed by atoms with E-state index in [1.54, 1.807) is 11.3 Å². The second-order valence-electron chi connectivity index (χ2n) is 6.11. The first-order valence-corrected chi connectivity index (χ1v) is 9.94. The van der Waals surface area contributed by atoms with Gasteiger partial charge in [0.2, 0.25) is 5.91 Å². The highest BCUT2D eigenvalue weighted by Gasteiger charge is 2.44. The van der Waals surface area contributed by atoms with Crippen LogP contribution in [0, 0.1) is 0 Å². The summed E-state index contributed by atoms with van der Waals surface area (Å²) < 4.78 is 0.273. The minimum atomic E-state index is -0.0163. The van der Waals surface area contributed by atoms with Gasteiger partial charge in [0.15, 0.2) is 0 Å². The summed E-state index contributed by atoms with van der Waals surface area (Å²) in [6, 6.07) is 4.20. The SMILES string of the molecule is CCC1NC(c2cccs2)N(CC2(SC)CCCC2)C1=O. The van der Waals surface area contributed by atoms with Crippen LogP contribution in [0.3, 0.4) is 0 Å². The Morgan fingerprint density at radius 3 is 2.81 bits per heavy atom. The number of thiophene rings is 1. The zero-order valence-corrected chi connectivity index (χ0v) is 14.4. The van der Waals surface area contributed by atoms with Gasteiger partial charge in [0.05, 0.1) is 6.04 Å². The summed E-state index contributed by atoms with van der Waals surface area (Å²) in [5.41, 5.74) is 0. The van der Waals surface area contributed by atoms with Crippen LogP contribution in [0.5, 0.6) is 0 Å². The summed E-state index contributed by atoms with van der Waals surface area (Å²) in [7, 11) is 0. The molecule has 116 valence electrons. The molecule has 2 heterocycles. The van der Waals surface area contributed by atoms with Gasteiger partial charge in [-0.15, -0.1) is 11.3 Å². The summed E-state index contributed by atoms with van der Waals surface area (Å²) in [4.78, 5) is 16.1. The fourth-order valence-corrected chi connectivity index (χ4v) is 5.34.